The standard InChI is InChI=1S/C10H11BrO/c1-7(11)8-2-3-10-9(6-8)4-5-12-10/h2-3,6-7H,4-5H2,1H3. The van der Waals surface area contributed by atoms with Crippen molar-refractivity contribution in [2.24, 2.45) is 0 Å². The molecule has 12 heavy (non-hydrogen) atoms. The lowest BCUT2D eigenvalue weighted by atomic mass is 10.1. The lowest BCUT2D eigenvalue weighted by Crippen LogP contribution is -1.85. The van der Waals surface area contributed by atoms with Gasteiger partial charge < -0.3 is 4.74 Å². The second kappa shape index (κ2) is 3.09. The summed E-state index contributed by atoms with van der Waals surface area (Å²) in [4.78, 5) is 0.434. The van der Waals surface area contributed by atoms with Crippen LogP contribution < -0.4 is 4.74 Å². The fourth-order valence-corrected chi connectivity index (χ4v) is 1.74. The Morgan fingerprint density at radius 1 is 1.50 bits per heavy atom. The lowest BCUT2D eigenvalue weighted by molar-refractivity contribution is 0.357. The van der Waals surface area contributed by atoms with Crippen LogP contribution in [0.4, 0.5) is 0 Å². The van der Waals surface area contributed by atoms with Crippen LogP contribution in [0.5, 0.6) is 5.75 Å². The van der Waals surface area contributed by atoms with Gasteiger partial charge in [0, 0.05) is 11.2 Å². The zero-order valence-electron chi connectivity index (χ0n) is 7.01. The Hall–Kier alpha value is -0.500. The first kappa shape index (κ1) is 8.11. The van der Waals surface area contributed by atoms with Gasteiger partial charge in [0.25, 0.3) is 0 Å². The molecule has 0 fully saturated rings. The summed E-state index contributed by atoms with van der Waals surface area (Å²) in [5, 5.41) is 0. The van der Waals surface area contributed by atoms with Crippen LogP contribution in [-0.2, 0) is 6.42 Å². The molecule has 1 aromatic carbocycles. The van der Waals surface area contributed by atoms with Gasteiger partial charge in [-0.15, -0.1) is 0 Å². The smallest absolute Gasteiger partial charge is 0.122 e. The Bertz CT molecular complexity index is 294. The summed E-state index contributed by atoms with van der Waals surface area (Å²) in [5.74, 6) is 1.06. The second-order valence-electron chi connectivity index (χ2n) is 3.08. The number of hydrogen-bond acceptors (Lipinski definition) is 1. The van der Waals surface area contributed by atoms with E-state index in [1.54, 1.807) is 0 Å². The Morgan fingerprint density at radius 2 is 2.33 bits per heavy atom. The molecule has 1 aromatic rings. The van der Waals surface area contributed by atoms with Crippen molar-refractivity contribution in [3.63, 3.8) is 0 Å². The first-order valence-electron chi connectivity index (χ1n) is 4.17. The maximum Gasteiger partial charge on any atom is 0.122 e. The van der Waals surface area contributed by atoms with E-state index in [9.17, 15) is 0 Å². The van der Waals surface area contributed by atoms with Gasteiger partial charge in [-0.1, -0.05) is 28.1 Å². The Kier molecular flexibility index (Phi) is 2.09. The van der Waals surface area contributed by atoms with Gasteiger partial charge in [0.2, 0.25) is 0 Å². The summed E-state index contributed by atoms with van der Waals surface area (Å²) in [5.41, 5.74) is 2.68. The quantitative estimate of drug-likeness (QED) is 0.670. The molecule has 1 aliphatic heterocycles. The van der Waals surface area contributed by atoms with Gasteiger partial charge in [-0.25, -0.2) is 0 Å². The zero-order chi connectivity index (χ0) is 8.55. The molecule has 1 heterocycles. The van der Waals surface area contributed by atoms with E-state index in [-0.39, 0.29) is 0 Å². The van der Waals surface area contributed by atoms with E-state index in [4.69, 9.17) is 4.74 Å². The van der Waals surface area contributed by atoms with E-state index in [1.165, 1.54) is 11.1 Å². The molecule has 2 rings (SSSR count). The third-order valence-electron chi connectivity index (χ3n) is 2.17. The monoisotopic (exact) mass is 226 g/mol. The maximum atomic E-state index is 5.42. The average molecular weight is 227 g/mol. The molecular weight excluding hydrogens is 216 g/mol. The molecule has 64 valence electrons. The van der Waals surface area contributed by atoms with Crippen LogP contribution in [0.2, 0.25) is 0 Å². The van der Waals surface area contributed by atoms with E-state index >= 15 is 0 Å². The van der Waals surface area contributed by atoms with Gasteiger partial charge in [-0.05, 0) is 24.1 Å². The molecule has 2 heteroatoms. The first-order valence-corrected chi connectivity index (χ1v) is 5.08. The molecule has 1 nitrogen and oxygen atoms in total. The van der Waals surface area contributed by atoms with Crippen LogP contribution in [0.15, 0.2) is 18.2 Å². The van der Waals surface area contributed by atoms with Crippen LogP contribution in [0.1, 0.15) is 22.9 Å². The van der Waals surface area contributed by atoms with E-state index in [2.05, 4.69) is 41.1 Å². The highest BCUT2D eigenvalue weighted by atomic mass is 79.9. The van der Waals surface area contributed by atoms with E-state index in [0.717, 1.165) is 18.8 Å². The highest BCUT2D eigenvalue weighted by molar-refractivity contribution is 9.09. The van der Waals surface area contributed by atoms with Crippen molar-refractivity contribution in [2.75, 3.05) is 6.61 Å². The molecule has 0 N–H and O–H groups in total. The van der Waals surface area contributed by atoms with Crippen molar-refractivity contribution in [2.45, 2.75) is 18.2 Å². The summed E-state index contributed by atoms with van der Waals surface area (Å²) in [6.07, 6.45) is 1.06. The molecule has 0 bridgehead atoms. The lowest BCUT2D eigenvalue weighted by Gasteiger charge is -2.05. The molecule has 0 aliphatic carbocycles. The number of rotatable bonds is 1. The highest BCUT2D eigenvalue weighted by Crippen LogP contribution is 2.30. The van der Waals surface area contributed by atoms with Gasteiger partial charge >= 0.3 is 0 Å². The minimum absolute atomic E-state index is 0.434. The molecule has 1 aliphatic rings. The number of fused-ring (bicyclic) bond motifs is 1. The molecule has 0 amide bonds. The molecule has 0 saturated carbocycles. The first-order chi connectivity index (χ1) is 5.77. The average Bonchev–Trinajstić information content (AvgIpc) is 2.49. The fourth-order valence-electron chi connectivity index (χ4n) is 1.45. The molecule has 0 saturated heterocycles. The predicted molar refractivity (Wildman–Crippen MR) is 53.0 cm³/mol. The van der Waals surface area contributed by atoms with Gasteiger partial charge in [-0.3, -0.25) is 0 Å². The molecule has 1 atom stereocenters. The van der Waals surface area contributed by atoms with Crippen molar-refractivity contribution < 1.29 is 4.74 Å². The van der Waals surface area contributed by atoms with E-state index < -0.39 is 0 Å². The maximum absolute atomic E-state index is 5.42. The highest BCUT2D eigenvalue weighted by Gasteiger charge is 2.12. The molecule has 1 unspecified atom stereocenters. The summed E-state index contributed by atoms with van der Waals surface area (Å²) in [6, 6.07) is 6.40. The van der Waals surface area contributed by atoms with Crippen LogP contribution in [0.3, 0.4) is 0 Å². The number of alkyl halides is 1. The van der Waals surface area contributed by atoms with Crippen molar-refractivity contribution >= 4 is 15.9 Å². The zero-order valence-corrected chi connectivity index (χ0v) is 8.60. The van der Waals surface area contributed by atoms with Crippen LogP contribution in [-0.4, -0.2) is 6.61 Å². The fraction of sp³-hybridized carbons (Fsp3) is 0.400. The van der Waals surface area contributed by atoms with Crippen molar-refractivity contribution in [3.05, 3.63) is 29.3 Å². The van der Waals surface area contributed by atoms with Crippen molar-refractivity contribution in [3.8, 4) is 5.75 Å². The molecular formula is C10H11BrO. The number of ether oxygens (including phenoxy) is 1. The predicted octanol–water partition coefficient (Wildman–Crippen LogP) is 3.08. The second-order valence-corrected chi connectivity index (χ2v) is 4.46. The Morgan fingerprint density at radius 3 is 3.08 bits per heavy atom. The van der Waals surface area contributed by atoms with Gasteiger partial charge in [0.05, 0.1) is 6.61 Å². The normalized spacial score (nSPS) is 16.8. The third-order valence-corrected chi connectivity index (χ3v) is 2.70. The van der Waals surface area contributed by atoms with Gasteiger partial charge in [-0.2, -0.15) is 0 Å². The van der Waals surface area contributed by atoms with Crippen LogP contribution in [0.25, 0.3) is 0 Å². The molecule has 0 radical (unpaired) electrons. The third kappa shape index (κ3) is 1.36. The van der Waals surface area contributed by atoms with Crippen LogP contribution in [0, 0.1) is 0 Å². The summed E-state index contributed by atoms with van der Waals surface area (Å²) in [7, 11) is 0. The topological polar surface area (TPSA) is 9.23 Å². The van der Waals surface area contributed by atoms with E-state index in [0.29, 0.717) is 4.83 Å². The number of halogens is 1. The SMILES string of the molecule is CC(Br)c1ccc2c(c1)CCO2. The Labute approximate surface area is 80.9 Å². The minimum Gasteiger partial charge on any atom is -0.493 e. The molecule has 0 spiro atoms. The summed E-state index contributed by atoms with van der Waals surface area (Å²) < 4.78 is 5.42. The largest absolute Gasteiger partial charge is 0.493 e. The van der Waals surface area contributed by atoms with Gasteiger partial charge in [0.1, 0.15) is 5.75 Å². The van der Waals surface area contributed by atoms with Crippen molar-refractivity contribution in [1.82, 2.24) is 0 Å². The minimum atomic E-state index is 0.434. The molecule has 0 aromatic heterocycles. The van der Waals surface area contributed by atoms with Crippen molar-refractivity contribution in [1.29, 1.82) is 0 Å². The van der Waals surface area contributed by atoms with E-state index in [1.807, 2.05) is 0 Å². The summed E-state index contributed by atoms with van der Waals surface area (Å²) >= 11 is 3.55. The summed E-state index contributed by atoms with van der Waals surface area (Å²) in [6.45, 7) is 2.98. The number of benzene rings is 1. The Balaban J connectivity index is 2.39. The number of hydrogen-bond donors (Lipinski definition) is 0. The van der Waals surface area contributed by atoms with Crippen LogP contribution >= 0.6 is 15.9 Å². The van der Waals surface area contributed by atoms with Gasteiger partial charge in [0.15, 0.2) is 0 Å².